The topological polar surface area (TPSA) is 109 Å². The predicted molar refractivity (Wildman–Crippen MR) is 115 cm³/mol. The van der Waals surface area contributed by atoms with Gasteiger partial charge in [-0.05, 0) is 24.3 Å². The zero-order chi connectivity index (χ0) is 22.6. The smallest absolute Gasteiger partial charge is 0.287 e. The lowest BCUT2D eigenvalue weighted by Gasteiger charge is -2.22. The van der Waals surface area contributed by atoms with E-state index in [1.165, 1.54) is 18.3 Å². The molecule has 0 saturated heterocycles. The Bertz CT molecular complexity index is 1060. The Balaban J connectivity index is 1.97. The molecule has 0 saturated carbocycles. The number of alkyl halides is 2. The number of aliphatic hydroxyl groups is 1. The number of pyridine rings is 2. The Labute approximate surface area is 183 Å². The van der Waals surface area contributed by atoms with E-state index in [1.54, 1.807) is 18.2 Å². The molecule has 164 valence electrons. The van der Waals surface area contributed by atoms with Crippen LogP contribution in [0.3, 0.4) is 0 Å². The Morgan fingerprint density at radius 1 is 1.03 bits per heavy atom. The summed E-state index contributed by atoms with van der Waals surface area (Å²) in [5.74, 6) is -2.51. The van der Waals surface area contributed by atoms with Crippen LogP contribution in [-0.4, -0.2) is 43.2 Å². The SMILES string of the molecule is CC(C)(CO)CNc1nc(Nc2ccnc(C(C)(F)F)c2)nc(-c2cccc(Cl)n2)n1. The highest BCUT2D eigenvalue weighted by atomic mass is 35.5. The molecular formula is C20H22ClF2N7O. The zero-order valence-corrected chi connectivity index (χ0v) is 18.0. The second-order valence-corrected chi connectivity index (χ2v) is 8.16. The lowest BCUT2D eigenvalue weighted by atomic mass is 9.95. The van der Waals surface area contributed by atoms with Crippen LogP contribution in [0.2, 0.25) is 5.15 Å². The summed E-state index contributed by atoms with van der Waals surface area (Å²) in [6, 6.07) is 7.77. The third kappa shape index (κ3) is 6.25. The van der Waals surface area contributed by atoms with Crippen molar-refractivity contribution in [2.75, 3.05) is 23.8 Å². The number of nitrogens with one attached hydrogen (secondary N) is 2. The number of aromatic nitrogens is 5. The molecule has 8 nitrogen and oxygen atoms in total. The van der Waals surface area contributed by atoms with Crippen molar-refractivity contribution in [2.45, 2.75) is 26.7 Å². The molecule has 31 heavy (non-hydrogen) atoms. The van der Waals surface area contributed by atoms with Crippen LogP contribution in [0.25, 0.3) is 11.5 Å². The van der Waals surface area contributed by atoms with Crippen molar-refractivity contribution in [1.29, 1.82) is 0 Å². The molecule has 3 N–H and O–H groups in total. The maximum absolute atomic E-state index is 13.6. The molecule has 0 radical (unpaired) electrons. The molecule has 0 unspecified atom stereocenters. The minimum Gasteiger partial charge on any atom is -0.396 e. The molecule has 0 amide bonds. The van der Waals surface area contributed by atoms with E-state index in [1.807, 2.05) is 13.8 Å². The highest BCUT2D eigenvalue weighted by Gasteiger charge is 2.26. The van der Waals surface area contributed by atoms with Crippen LogP contribution < -0.4 is 10.6 Å². The van der Waals surface area contributed by atoms with Crippen LogP contribution in [0.4, 0.5) is 26.4 Å². The Hall–Kier alpha value is -2.98. The number of nitrogens with zero attached hydrogens (tertiary/aromatic N) is 5. The normalized spacial score (nSPS) is 12.0. The molecule has 11 heteroatoms. The first kappa shape index (κ1) is 22.7. The maximum atomic E-state index is 13.6. The quantitative estimate of drug-likeness (QED) is 0.437. The van der Waals surface area contributed by atoms with E-state index in [2.05, 4.69) is 35.6 Å². The van der Waals surface area contributed by atoms with Crippen LogP contribution in [-0.2, 0) is 5.92 Å². The van der Waals surface area contributed by atoms with Gasteiger partial charge in [0.1, 0.15) is 16.5 Å². The molecule has 3 rings (SSSR count). The van der Waals surface area contributed by atoms with Gasteiger partial charge in [-0.1, -0.05) is 31.5 Å². The molecule has 3 heterocycles. The minimum absolute atomic E-state index is 0.0378. The first-order valence-corrected chi connectivity index (χ1v) is 9.79. The van der Waals surface area contributed by atoms with Crippen molar-refractivity contribution in [3.8, 4) is 11.5 Å². The van der Waals surface area contributed by atoms with Gasteiger partial charge in [-0.3, -0.25) is 4.98 Å². The van der Waals surface area contributed by atoms with Crippen molar-refractivity contribution in [2.24, 2.45) is 5.41 Å². The van der Waals surface area contributed by atoms with E-state index in [4.69, 9.17) is 11.6 Å². The van der Waals surface area contributed by atoms with Gasteiger partial charge in [0.25, 0.3) is 5.92 Å². The van der Waals surface area contributed by atoms with Gasteiger partial charge in [-0.15, -0.1) is 0 Å². The van der Waals surface area contributed by atoms with Gasteiger partial charge in [0.05, 0.1) is 0 Å². The highest BCUT2D eigenvalue weighted by Crippen LogP contribution is 2.28. The van der Waals surface area contributed by atoms with Crippen LogP contribution in [0.5, 0.6) is 0 Å². The molecule has 0 aromatic carbocycles. The monoisotopic (exact) mass is 449 g/mol. The predicted octanol–water partition coefficient (Wildman–Crippen LogP) is 4.27. The Morgan fingerprint density at radius 3 is 2.45 bits per heavy atom. The fourth-order valence-electron chi connectivity index (χ4n) is 2.41. The summed E-state index contributed by atoms with van der Waals surface area (Å²) in [5.41, 5.74) is -0.0462. The summed E-state index contributed by atoms with van der Waals surface area (Å²) in [5, 5.41) is 15.7. The molecule has 0 aliphatic heterocycles. The van der Waals surface area contributed by atoms with Crippen molar-refractivity contribution in [3.63, 3.8) is 0 Å². The second-order valence-electron chi connectivity index (χ2n) is 7.77. The van der Waals surface area contributed by atoms with E-state index in [0.29, 0.717) is 17.9 Å². The third-order valence-corrected chi connectivity index (χ3v) is 4.41. The highest BCUT2D eigenvalue weighted by molar-refractivity contribution is 6.29. The van der Waals surface area contributed by atoms with Gasteiger partial charge in [-0.2, -0.15) is 23.7 Å². The maximum Gasteiger partial charge on any atom is 0.287 e. The van der Waals surface area contributed by atoms with Crippen LogP contribution in [0, 0.1) is 5.41 Å². The first-order chi connectivity index (χ1) is 14.6. The standard InChI is InChI=1S/C20H22ClF2N7O/c1-19(2,11-31)10-25-17-28-16(13-5-4-6-15(21)27-13)29-18(30-17)26-12-7-8-24-14(9-12)20(3,22)23/h4-9,31H,10-11H2,1-3H3,(H2,24,25,26,28,29,30). The van der Waals surface area contributed by atoms with Gasteiger partial charge < -0.3 is 15.7 Å². The summed E-state index contributed by atoms with van der Waals surface area (Å²) < 4.78 is 27.2. The van der Waals surface area contributed by atoms with Crippen molar-refractivity contribution in [3.05, 3.63) is 47.4 Å². The fraction of sp³-hybridized carbons (Fsp3) is 0.350. The number of hydrogen-bond donors (Lipinski definition) is 3. The second kappa shape index (κ2) is 9.03. The molecule has 0 fully saturated rings. The summed E-state index contributed by atoms with van der Waals surface area (Å²) >= 11 is 5.98. The molecule has 0 aliphatic carbocycles. The zero-order valence-electron chi connectivity index (χ0n) is 17.2. The van der Waals surface area contributed by atoms with Gasteiger partial charge in [0.2, 0.25) is 11.9 Å². The van der Waals surface area contributed by atoms with E-state index in [0.717, 1.165) is 6.92 Å². The summed E-state index contributed by atoms with van der Waals surface area (Å²) in [4.78, 5) is 20.9. The molecule has 0 atom stereocenters. The first-order valence-electron chi connectivity index (χ1n) is 9.41. The van der Waals surface area contributed by atoms with E-state index >= 15 is 0 Å². The van der Waals surface area contributed by atoms with Crippen LogP contribution >= 0.6 is 11.6 Å². The molecular weight excluding hydrogens is 428 g/mol. The van der Waals surface area contributed by atoms with Gasteiger partial charge in [-0.25, -0.2) is 4.98 Å². The molecule has 0 bridgehead atoms. The molecule has 0 spiro atoms. The van der Waals surface area contributed by atoms with E-state index < -0.39 is 11.3 Å². The average molecular weight is 450 g/mol. The van der Waals surface area contributed by atoms with Crippen LogP contribution in [0.1, 0.15) is 26.5 Å². The number of rotatable bonds is 8. The Morgan fingerprint density at radius 2 is 1.77 bits per heavy atom. The summed E-state index contributed by atoms with van der Waals surface area (Å²) in [7, 11) is 0. The number of aliphatic hydroxyl groups excluding tert-OH is 1. The Kier molecular flexibility index (Phi) is 6.61. The van der Waals surface area contributed by atoms with Gasteiger partial charge >= 0.3 is 0 Å². The third-order valence-electron chi connectivity index (χ3n) is 4.20. The van der Waals surface area contributed by atoms with Crippen molar-refractivity contribution >= 4 is 29.2 Å². The van der Waals surface area contributed by atoms with Gasteiger partial charge in [0.15, 0.2) is 5.82 Å². The van der Waals surface area contributed by atoms with Crippen molar-refractivity contribution in [1.82, 2.24) is 24.9 Å². The minimum atomic E-state index is -3.09. The molecule has 3 aromatic heterocycles. The lowest BCUT2D eigenvalue weighted by Crippen LogP contribution is -2.27. The number of hydrogen-bond acceptors (Lipinski definition) is 8. The van der Waals surface area contributed by atoms with Crippen LogP contribution in [0.15, 0.2) is 36.5 Å². The van der Waals surface area contributed by atoms with E-state index in [9.17, 15) is 13.9 Å². The van der Waals surface area contributed by atoms with Crippen molar-refractivity contribution < 1.29 is 13.9 Å². The summed E-state index contributed by atoms with van der Waals surface area (Å²) in [6.45, 7) is 4.88. The number of halogens is 3. The van der Waals surface area contributed by atoms with Gasteiger partial charge in [0, 0.05) is 37.4 Å². The molecule has 3 aromatic rings. The number of anilines is 3. The fourth-order valence-corrected chi connectivity index (χ4v) is 2.57. The average Bonchev–Trinajstić information content (AvgIpc) is 2.72. The largest absolute Gasteiger partial charge is 0.396 e. The van der Waals surface area contributed by atoms with E-state index in [-0.39, 0.29) is 35.2 Å². The summed E-state index contributed by atoms with van der Waals surface area (Å²) in [6.07, 6.45) is 1.28. The molecule has 0 aliphatic rings. The lowest BCUT2D eigenvalue weighted by molar-refractivity contribution is 0.0128.